The Morgan fingerprint density at radius 1 is 1.12 bits per heavy atom. The minimum atomic E-state index is 0.0123. The molecule has 3 heterocycles. The van der Waals surface area contributed by atoms with E-state index in [4.69, 9.17) is 4.42 Å². The van der Waals surface area contributed by atoms with Gasteiger partial charge in [0.1, 0.15) is 11.5 Å². The Hall–Kier alpha value is -2.44. The van der Waals surface area contributed by atoms with E-state index >= 15 is 0 Å². The van der Waals surface area contributed by atoms with Gasteiger partial charge in [0.05, 0.1) is 17.1 Å². The molecule has 4 nitrogen and oxygen atoms in total. The molecule has 0 bridgehead atoms. The van der Waals surface area contributed by atoms with Gasteiger partial charge in [0, 0.05) is 10.9 Å². The van der Waals surface area contributed by atoms with Crippen molar-refractivity contribution < 1.29 is 4.42 Å². The number of thiophene rings is 1. The van der Waals surface area contributed by atoms with Gasteiger partial charge in [-0.1, -0.05) is 41.7 Å². The lowest BCUT2D eigenvalue weighted by Crippen LogP contribution is -2.16. The van der Waals surface area contributed by atoms with Crippen LogP contribution in [0.4, 0.5) is 0 Å². The number of hydrogen-bond acceptors (Lipinski definition) is 5. The predicted octanol–water partition coefficient (Wildman–Crippen LogP) is 4.96. The minimum absolute atomic E-state index is 0.0123. The SMILES string of the molecule is Cc1ccccc1-c1csc(=O)n1Cc1nc(-c2cccs2)oc1C. The van der Waals surface area contributed by atoms with Gasteiger partial charge in [-0.2, -0.15) is 0 Å². The number of rotatable bonds is 4. The third kappa shape index (κ3) is 2.99. The Balaban J connectivity index is 1.74. The Morgan fingerprint density at radius 2 is 1.96 bits per heavy atom. The van der Waals surface area contributed by atoms with Crippen LogP contribution in [0, 0.1) is 13.8 Å². The van der Waals surface area contributed by atoms with Gasteiger partial charge in [0.2, 0.25) is 5.89 Å². The summed E-state index contributed by atoms with van der Waals surface area (Å²) in [5.41, 5.74) is 3.93. The van der Waals surface area contributed by atoms with E-state index < -0.39 is 0 Å². The molecule has 0 aliphatic rings. The van der Waals surface area contributed by atoms with Gasteiger partial charge < -0.3 is 4.42 Å². The van der Waals surface area contributed by atoms with Crippen LogP contribution in [0.15, 0.2) is 56.4 Å². The molecule has 0 saturated heterocycles. The maximum absolute atomic E-state index is 12.4. The monoisotopic (exact) mass is 368 g/mol. The maximum Gasteiger partial charge on any atom is 0.307 e. The third-order valence-electron chi connectivity index (χ3n) is 4.14. The molecular formula is C19H16N2O2S2. The second-order valence-electron chi connectivity index (χ2n) is 5.79. The van der Waals surface area contributed by atoms with Gasteiger partial charge in [-0.15, -0.1) is 11.3 Å². The Morgan fingerprint density at radius 3 is 2.72 bits per heavy atom. The second-order valence-corrected chi connectivity index (χ2v) is 7.56. The van der Waals surface area contributed by atoms with E-state index in [1.807, 2.05) is 48.0 Å². The van der Waals surface area contributed by atoms with Crippen LogP contribution in [-0.2, 0) is 6.54 Å². The van der Waals surface area contributed by atoms with Crippen LogP contribution in [0.25, 0.3) is 22.0 Å². The molecule has 0 saturated carbocycles. The van der Waals surface area contributed by atoms with Gasteiger partial charge in [-0.25, -0.2) is 4.98 Å². The summed E-state index contributed by atoms with van der Waals surface area (Å²) >= 11 is 2.80. The summed E-state index contributed by atoms with van der Waals surface area (Å²) in [4.78, 5) is 18.0. The molecule has 4 aromatic rings. The lowest BCUT2D eigenvalue weighted by atomic mass is 10.1. The molecule has 0 N–H and O–H groups in total. The van der Waals surface area contributed by atoms with Gasteiger partial charge >= 0.3 is 4.87 Å². The van der Waals surface area contributed by atoms with Crippen molar-refractivity contribution in [3.8, 4) is 22.0 Å². The number of hydrogen-bond donors (Lipinski definition) is 0. The summed E-state index contributed by atoms with van der Waals surface area (Å²) in [6, 6.07) is 12.0. The first-order valence-electron chi connectivity index (χ1n) is 7.88. The third-order valence-corrected chi connectivity index (χ3v) is 5.76. The lowest BCUT2D eigenvalue weighted by molar-refractivity contribution is 0.539. The van der Waals surface area contributed by atoms with Crippen LogP contribution in [0.5, 0.6) is 0 Å². The van der Waals surface area contributed by atoms with E-state index in [0.29, 0.717) is 12.4 Å². The summed E-state index contributed by atoms with van der Waals surface area (Å²) in [5.74, 6) is 1.36. The molecule has 126 valence electrons. The number of aromatic nitrogens is 2. The van der Waals surface area contributed by atoms with Crippen LogP contribution < -0.4 is 4.87 Å². The smallest absolute Gasteiger partial charge is 0.307 e. The Bertz CT molecular complexity index is 1070. The molecule has 0 aliphatic heterocycles. The molecule has 0 unspecified atom stereocenters. The predicted molar refractivity (Wildman–Crippen MR) is 102 cm³/mol. The van der Waals surface area contributed by atoms with Crippen molar-refractivity contribution in [2.45, 2.75) is 20.4 Å². The van der Waals surface area contributed by atoms with E-state index in [-0.39, 0.29) is 4.87 Å². The van der Waals surface area contributed by atoms with Crippen LogP contribution in [0.3, 0.4) is 0 Å². The fourth-order valence-corrected chi connectivity index (χ4v) is 4.19. The fraction of sp³-hybridized carbons (Fsp3) is 0.158. The van der Waals surface area contributed by atoms with Gasteiger partial charge in [-0.3, -0.25) is 9.36 Å². The maximum atomic E-state index is 12.4. The van der Waals surface area contributed by atoms with E-state index in [2.05, 4.69) is 18.0 Å². The molecular weight excluding hydrogens is 352 g/mol. The Kier molecular flexibility index (Phi) is 4.15. The van der Waals surface area contributed by atoms with E-state index in [1.165, 1.54) is 11.3 Å². The number of aryl methyl sites for hydroxylation is 2. The highest BCUT2D eigenvalue weighted by molar-refractivity contribution is 7.13. The van der Waals surface area contributed by atoms with Crippen LogP contribution >= 0.6 is 22.7 Å². The Labute approximate surface area is 153 Å². The van der Waals surface area contributed by atoms with Crippen LogP contribution in [0.2, 0.25) is 0 Å². The first-order chi connectivity index (χ1) is 12.1. The van der Waals surface area contributed by atoms with Gasteiger partial charge in [0.25, 0.3) is 0 Å². The fourth-order valence-electron chi connectivity index (χ4n) is 2.78. The minimum Gasteiger partial charge on any atom is -0.440 e. The molecule has 25 heavy (non-hydrogen) atoms. The summed E-state index contributed by atoms with van der Waals surface area (Å²) < 4.78 is 7.58. The molecule has 4 rings (SSSR count). The van der Waals surface area contributed by atoms with Crippen molar-refractivity contribution in [2.24, 2.45) is 0 Å². The quantitative estimate of drug-likeness (QED) is 0.511. The molecule has 1 aromatic carbocycles. The molecule has 0 atom stereocenters. The number of nitrogens with zero attached hydrogens (tertiary/aromatic N) is 2. The summed E-state index contributed by atoms with van der Waals surface area (Å²) in [5, 5.41) is 3.91. The first kappa shape index (κ1) is 16.1. The lowest BCUT2D eigenvalue weighted by Gasteiger charge is -2.09. The zero-order valence-corrected chi connectivity index (χ0v) is 15.5. The topological polar surface area (TPSA) is 48.0 Å². The summed E-state index contributed by atoms with van der Waals surface area (Å²) in [6.07, 6.45) is 0. The number of benzene rings is 1. The first-order valence-corrected chi connectivity index (χ1v) is 9.64. The van der Waals surface area contributed by atoms with Gasteiger partial charge in [0.15, 0.2) is 0 Å². The van der Waals surface area contributed by atoms with Crippen molar-refractivity contribution in [1.82, 2.24) is 9.55 Å². The van der Waals surface area contributed by atoms with Crippen LogP contribution in [0.1, 0.15) is 17.0 Å². The molecule has 6 heteroatoms. The largest absolute Gasteiger partial charge is 0.440 e. The average Bonchev–Trinajstić information content (AvgIpc) is 3.31. The van der Waals surface area contributed by atoms with Crippen molar-refractivity contribution in [2.75, 3.05) is 0 Å². The number of thiazole rings is 1. The molecule has 0 radical (unpaired) electrons. The van der Waals surface area contributed by atoms with Crippen molar-refractivity contribution in [1.29, 1.82) is 0 Å². The summed E-state index contributed by atoms with van der Waals surface area (Å²) in [6.45, 7) is 4.36. The van der Waals surface area contributed by atoms with E-state index in [1.54, 1.807) is 15.9 Å². The molecule has 3 aromatic heterocycles. The van der Waals surface area contributed by atoms with Crippen molar-refractivity contribution >= 4 is 22.7 Å². The molecule has 0 spiro atoms. The van der Waals surface area contributed by atoms with E-state index in [0.717, 1.165) is 33.2 Å². The standard InChI is InChI=1S/C19H16N2O2S2/c1-12-6-3-4-7-14(12)16-11-25-19(22)21(16)10-15-13(2)23-18(20-15)17-8-5-9-24-17/h3-9,11H,10H2,1-2H3. The second kappa shape index (κ2) is 6.46. The van der Waals surface area contributed by atoms with Crippen LogP contribution in [-0.4, -0.2) is 9.55 Å². The number of oxazole rings is 1. The molecule has 0 amide bonds. The summed E-state index contributed by atoms with van der Waals surface area (Å²) in [7, 11) is 0. The van der Waals surface area contributed by atoms with Crippen molar-refractivity contribution in [3.63, 3.8) is 0 Å². The zero-order valence-electron chi connectivity index (χ0n) is 13.9. The molecule has 0 aliphatic carbocycles. The van der Waals surface area contributed by atoms with E-state index in [9.17, 15) is 4.79 Å². The molecule has 0 fully saturated rings. The van der Waals surface area contributed by atoms with Crippen molar-refractivity contribution in [3.05, 3.63) is 73.8 Å². The highest BCUT2D eigenvalue weighted by atomic mass is 32.1. The highest BCUT2D eigenvalue weighted by Gasteiger charge is 2.17. The zero-order chi connectivity index (χ0) is 17.4. The van der Waals surface area contributed by atoms with Gasteiger partial charge in [-0.05, 0) is 30.9 Å². The normalized spacial score (nSPS) is 11.1. The highest BCUT2D eigenvalue weighted by Crippen LogP contribution is 2.28. The average molecular weight is 368 g/mol.